The molecular formula is C37H46N5O3Si. The average Bonchev–Trinajstić information content (AvgIpc) is 3.47. The number of benzene rings is 3. The monoisotopic (exact) mass is 636 g/mol. The number of rotatable bonds is 15. The topological polar surface area (TPSA) is 83.3 Å². The van der Waals surface area contributed by atoms with Gasteiger partial charge in [-0.2, -0.15) is 5.10 Å². The first-order valence-electron chi connectivity index (χ1n) is 16.1. The van der Waals surface area contributed by atoms with Gasteiger partial charge in [0.25, 0.3) is 8.32 Å². The number of methoxy groups -OCH3 is 2. The summed E-state index contributed by atoms with van der Waals surface area (Å²) in [4.78, 5) is 9.00. The molecule has 2 aromatic heterocycles. The van der Waals surface area contributed by atoms with Crippen LogP contribution in [0, 0.1) is 6.33 Å². The molecule has 1 N–H and O–H groups in total. The van der Waals surface area contributed by atoms with E-state index in [4.69, 9.17) is 19.0 Å². The molecule has 0 saturated heterocycles. The van der Waals surface area contributed by atoms with Gasteiger partial charge in [0.2, 0.25) is 6.33 Å². The first-order valence-corrected chi connectivity index (χ1v) is 18.0. The molecule has 3 aromatic carbocycles. The van der Waals surface area contributed by atoms with Crippen LogP contribution in [-0.4, -0.2) is 54.9 Å². The summed E-state index contributed by atoms with van der Waals surface area (Å²) in [6.07, 6.45) is 7.43. The largest absolute Gasteiger partial charge is 0.496 e. The van der Waals surface area contributed by atoms with Crippen molar-refractivity contribution in [1.82, 2.24) is 19.7 Å². The number of fused-ring (bicyclic) bond motifs is 1. The maximum atomic E-state index is 7.23. The molecule has 8 nitrogen and oxygen atoms in total. The summed E-state index contributed by atoms with van der Waals surface area (Å²) >= 11 is 0. The fraction of sp³-hybridized carbons (Fsp3) is 0.378. The molecule has 46 heavy (non-hydrogen) atoms. The van der Waals surface area contributed by atoms with Crippen molar-refractivity contribution in [2.75, 3.05) is 26.1 Å². The Morgan fingerprint density at radius 3 is 2.22 bits per heavy atom. The van der Waals surface area contributed by atoms with E-state index in [-0.39, 0.29) is 11.1 Å². The van der Waals surface area contributed by atoms with Crippen LogP contribution >= 0.6 is 0 Å². The first kappa shape index (κ1) is 33.3. The smallest absolute Gasteiger partial charge is 0.261 e. The third-order valence-electron chi connectivity index (χ3n) is 8.53. The van der Waals surface area contributed by atoms with E-state index in [1.165, 1.54) is 10.4 Å². The maximum Gasteiger partial charge on any atom is 0.261 e. The van der Waals surface area contributed by atoms with Crippen molar-refractivity contribution in [2.45, 2.75) is 71.2 Å². The maximum absolute atomic E-state index is 7.23. The van der Waals surface area contributed by atoms with Gasteiger partial charge in [0, 0.05) is 25.3 Å². The summed E-state index contributed by atoms with van der Waals surface area (Å²) in [5, 5.41) is 10.9. The van der Waals surface area contributed by atoms with Gasteiger partial charge >= 0.3 is 0 Å². The summed E-state index contributed by atoms with van der Waals surface area (Å²) in [6.45, 7) is 10.8. The van der Waals surface area contributed by atoms with Crippen LogP contribution in [-0.2, 0) is 22.3 Å². The highest BCUT2D eigenvalue weighted by Crippen LogP contribution is 2.37. The predicted octanol–water partition coefficient (Wildman–Crippen LogP) is 6.38. The molecule has 1 atom stereocenters. The standard InChI is InChI=1S/C37H46N5O3Si/c1-7-14-30(21-22-45-46(37(2,3)4,31-15-10-8-11-16-31)32-17-12-9-13-18-32)41-36-35-33(38-27-39-36)24-40-42(35)25-29-23-28(26-43-5)19-20-34(29)44-6/h8-13,15-20,23-24,30H,7,14,21-22,25-26H2,1-6H3,(H,38,39,41)/t30-/m0/s1. The quantitative estimate of drug-likeness (QED) is 0.134. The van der Waals surface area contributed by atoms with Crippen LogP contribution in [0.5, 0.6) is 5.75 Å². The molecule has 0 aliphatic carbocycles. The summed E-state index contributed by atoms with van der Waals surface area (Å²) in [5.41, 5.74) is 3.65. The predicted molar refractivity (Wildman–Crippen MR) is 187 cm³/mol. The fourth-order valence-electron chi connectivity index (χ4n) is 6.42. The van der Waals surface area contributed by atoms with Crippen LogP contribution in [0.1, 0.15) is 58.1 Å². The van der Waals surface area contributed by atoms with E-state index in [9.17, 15) is 0 Å². The number of hydrogen-bond donors (Lipinski definition) is 1. The highest BCUT2D eigenvalue weighted by atomic mass is 28.4. The Bertz CT molecular complexity index is 1650. The van der Waals surface area contributed by atoms with E-state index in [1.54, 1.807) is 20.4 Å². The minimum Gasteiger partial charge on any atom is -0.496 e. The second kappa shape index (κ2) is 15.0. The van der Waals surface area contributed by atoms with Gasteiger partial charge in [0.1, 0.15) is 16.8 Å². The number of nitrogens with zero attached hydrogens (tertiary/aromatic N) is 4. The zero-order valence-corrected chi connectivity index (χ0v) is 28.9. The molecule has 0 fully saturated rings. The molecule has 0 bridgehead atoms. The molecule has 2 heterocycles. The van der Waals surface area contributed by atoms with Crippen LogP contribution in [0.4, 0.5) is 5.82 Å². The highest BCUT2D eigenvalue weighted by Gasteiger charge is 2.50. The van der Waals surface area contributed by atoms with Gasteiger partial charge in [-0.3, -0.25) is 4.68 Å². The SMILES string of the molecule is CCC[C@@H](CCO[Si](c1ccccc1)(c1ccccc1)C(C)(C)C)Nc1n[c]nc2cnn(Cc3cc(COC)ccc3OC)c12. The number of ether oxygens (including phenoxy) is 2. The van der Waals surface area contributed by atoms with E-state index in [1.807, 2.05) is 16.8 Å². The van der Waals surface area contributed by atoms with E-state index in [0.29, 0.717) is 19.8 Å². The molecule has 0 spiro atoms. The van der Waals surface area contributed by atoms with E-state index in [2.05, 4.69) is 116 Å². The molecule has 1 radical (unpaired) electrons. The van der Waals surface area contributed by atoms with Gasteiger partial charge in [-0.05, 0) is 45.9 Å². The molecule has 0 aliphatic heterocycles. The molecule has 241 valence electrons. The number of hydrogen-bond acceptors (Lipinski definition) is 7. The number of nitrogens with one attached hydrogen (secondary N) is 1. The van der Waals surface area contributed by atoms with Crippen LogP contribution < -0.4 is 20.4 Å². The van der Waals surface area contributed by atoms with Gasteiger partial charge in [-0.15, -0.1) is 0 Å². The van der Waals surface area contributed by atoms with Crippen molar-refractivity contribution in [3.63, 3.8) is 0 Å². The summed E-state index contributed by atoms with van der Waals surface area (Å²) in [6, 6.07) is 27.8. The molecule has 0 saturated carbocycles. The molecule has 0 aliphatic rings. The zero-order valence-electron chi connectivity index (χ0n) is 27.9. The Kier molecular flexibility index (Phi) is 10.9. The van der Waals surface area contributed by atoms with Gasteiger partial charge in [-0.1, -0.05) is 101 Å². The lowest BCUT2D eigenvalue weighted by Crippen LogP contribution is -2.66. The minimum atomic E-state index is -2.63. The van der Waals surface area contributed by atoms with Gasteiger partial charge in [0.05, 0.1) is 26.5 Å². The normalized spacial score (nSPS) is 12.7. The fourth-order valence-corrected chi connectivity index (χ4v) is 11.0. The Balaban J connectivity index is 1.41. The molecule has 0 amide bonds. The Morgan fingerprint density at radius 2 is 1.61 bits per heavy atom. The van der Waals surface area contributed by atoms with Gasteiger partial charge in [-0.25, -0.2) is 9.97 Å². The van der Waals surface area contributed by atoms with Crippen LogP contribution in [0.15, 0.2) is 85.1 Å². The lowest BCUT2D eigenvalue weighted by Gasteiger charge is -2.43. The second-order valence-electron chi connectivity index (χ2n) is 12.7. The van der Waals surface area contributed by atoms with Crippen LogP contribution in [0.2, 0.25) is 5.04 Å². The minimum absolute atomic E-state index is 0.0781. The van der Waals surface area contributed by atoms with E-state index in [0.717, 1.165) is 53.0 Å². The van der Waals surface area contributed by atoms with Gasteiger partial charge < -0.3 is 19.2 Å². The van der Waals surface area contributed by atoms with Crippen LogP contribution in [0.25, 0.3) is 11.0 Å². The Morgan fingerprint density at radius 1 is 0.913 bits per heavy atom. The molecule has 0 unspecified atom stereocenters. The number of anilines is 1. The first-order chi connectivity index (χ1) is 22.3. The van der Waals surface area contributed by atoms with Gasteiger partial charge in [0.15, 0.2) is 5.82 Å². The van der Waals surface area contributed by atoms with Crippen molar-refractivity contribution < 1.29 is 13.9 Å². The summed E-state index contributed by atoms with van der Waals surface area (Å²) in [5.74, 6) is 1.52. The van der Waals surface area contributed by atoms with Crippen molar-refractivity contribution in [1.29, 1.82) is 0 Å². The van der Waals surface area contributed by atoms with Crippen molar-refractivity contribution in [3.05, 3.63) is 103 Å². The lowest BCUT2D eigenvalue weighted by atomic mass is 10.1. The summed E-state index contributed by atoms with van der Waals surface area (Å²) in [7, 11) is 0.753. The third kappa shape index (κ3) is 7.17. The molecule has 5 rings (SSSR count). The zero-order chi connectivity index (χ0) is 32.6. The Hall–Kier alpha value is -4.05. The van der Waals surface area contributed by atoms with Crippen molar-refractivity contribution in [2.24, 2.45) is 0 Å². The Labute approximate surface area is 274 Å². The second-order valence-corrected chi connectivity index (χ2v) is 17.0. The van der Waals surface area contributed by atoms with E-state index < -0.39 is 8.32 Å². The van der Waals surface area contributed by atoms with Crippen molar-refractivity contribution in [3.8, 4) is 5.75 Å². The molecular weight excluding hydrogens is 591 g/mol. The highest BCUT2D eigenvalue weighted by molar-refractivity contribution is 6.99. The van der Waals surface area contributed by atoms with E-state index >= 15 is 0 Å². The third-order valence-corrected chi connectivity index (χ3v) is 13.6. The lowest BCUT2D eigenvalue weighted by molar-refractivity contribution is 0.184. The summed E-state index contributed by atoms with van der Waals surface area (Å²) < 4.78 is 20.2. The average molecular weight is 637 g/mol. The molecule has 5 aromatic rings. The van der Waals surface area contributed by atoms with Crippen LogP contribution in [0.3, 0.4) is 0 Å². The molecule has 9 heteroatoms. The number of aromatic nitrogens is 4. The van der Waals surface area contributed by atoms with Crippen molar-refractivity contribution >= 4 is 35.5 Å².